The second-order valence-corrected chi connectivity index (χ2v) is 7.71. The quantitative estimate of drug-likeness (QED) is 0.843. The van der Waals surface area contributed by atoms with Gasteiger partial charge in [-0.1, -0.05) is 24.3 Å². The molecule has 1 N–H and O–H groups in total. The molecular weight excluding hydrogens is 338 g/mol. The van der Waals surface area contributed by atoms with E-state index in [0.717, 1.165) is 51.3 Å². The minimum atomic E-state index is 0.218. The van der Waals surface area contributed by atoms with Crippen molar-refractivity contribution in [2.24, 2.45) is 0 Å². The number of phenols is 1. The molecular formula is C23H29NO3. The molecule has 2 aromatic rings. The molecule has 2 aliphatic rings. The fourth-order valence-corrected chi connectivity index (χ4v) is 4.49. The van der Waals surface area contributed by atoms with Crippen molar-refractivity contribution in [3.63, 3.8) is 0 Å². The van der Waals surface area contributed by atoms with Gasteiger partial charge in [-0.25, -0.2) is 0 Å². The van der Waals surface area contributed by atoms with Gasteiger partial charge in [0, 0.05) is 0 Å². The van der Waals surface area contributed by atoms with Crippen LogP contribution in [0.25, 0.3) is 0 Å². The van der Waals surface area contributed by atoms with Crippen LogP contribution in [0.3, 0.4) is 0 Å². The van der Waals surface area contributed by atoms with Gasteiger partial charge in [-0.15, -0.1) is 0 Å². The summed E-state index contributed by atoms with van der Waals surface area (Å²) in [6.07, 6.45) is 4.66. The standard InChI is InChI=1S/C23H29NO3/c1-26-23-16-19(6-7-21(23)25)17-8-12-24(13-9-17)14-10-18-11-15-27-22-5-3-2-4-20(18)22/h2-7,16-18,25H,8-15H2,1H3. The number of piperidine rings is 1. The average molecular weight is 367 g/mol. The van der Waals surface area contributed by atoms with Gasteiger partial charge < -0.3 is 19.5 Å². The molecule has 1 atom stereocenters. The average Bonchev–Trinajstić information content (AvgIpc) is 2.73. The number of aromatic hydroxyl groups is 1. The van der Waals surface area contributed by atoms with E-state index < -0.39 is 0 Å². The van der Waals surface area contributed by atoms with Crippen LogP contribution in [0.2, 0.25) is 0 Å². The molecule has 27 heavy (non-hydrogen) atoms. The van der Waals surface area contributed by atoms with Crippen LogP contribution >= 0.6 is 0 Å². The van der Waals surface area contributed by atoms with E-state index in [2.05, 4.69) is 29.2 Å². The highest BCUT2D eigenvalue weighted by Crippen LogP contribution is 2.37. The Balaban J connectivity index is 1.30. The number of hydrogen-bond donors (Lipinski definition) is 1. The van der Waals surface area contributed by atoms with Crippen molar-refractivity contribution in [1.82, 2.24) is 4.90 Å². The van der Waals surface area contributed by atoms with Crippen LogP contribution in [0.4, 0.5) is 0 Å². The van der Waals surface area contributed by atoms with Crippen LogP contribution in [0.1, 0.15) is 48.6 Å². The molecule has 2 aromatic carbocycles. The van der Waals surface area contributed by atoms with E-state index >= 15 is 0 Å². The van der Waals surface area contributed by atoms with Gasteiger partial charge in [-0.3, -0.25) is 0 Å². The lowest BCUT2D eigenvalue weighted by Crippen LogP contribution is -2.34. The van der Waals surface area contributed by atoms with Crippen LogP contribution in [-0.2, 0) is 0 Å². The first kappa shape index (κ1) is 18.2. The number of methoxy groups -OCH3 is 1. The Morgan fingerprint density at radius 1 is 1.11 bits per heavy atom. The van der Waals surface area contributed by atoms with Crippen molar-refractivity contribution in [1.29, 1.82) is 0 Å². The lowest BCUT2D eigenvalue weighted by Gasteiger charge is -2.34. The van der Waals surface area contributed by atoms with Crippen molar-refractivity contribution < 1.29 is 14.6 Å². The number of nitrogens with zero attached hydrogens (tertiary/aromatic N) is 1. The van der Waals surface area contributed by atoms with Crippen molar-refractivity contribution in [2.45, 2.75) is 37.5 Å². The Morgan fingerprint density at radius 2 is 1.93 bits per heavy atom. The van der Waals surface area contributed by atoms with Crippen molar-refractivity contribution in [3.8, 4) is 17.2 Å². The summed E-state index contributed by atoms with van der Waals surface area (Å²) in [5, 5.41) is 9.80. The summed E-state index contributed by atoms with van der Waals surface area (Å²) in [6, 6.07) is 14.3. The van der Waals surface area contributed by atoms with E-state index in [1.165, 1.54) is 17.5 Å². The second kappa shape index (κ2) is 8.22. The molecule has 0 saturated carbocycles. The summed E-state index contributed by atoms with van der Waals surface area (Å²) >= 11 is 0. The number of rotatable bonds is 5. The number of phenolic OH excluding ortho intramolecular Hbond substituents is 1. The highest BCUT2D eigenvalue weighted by Gasteiger charge is 2.24. The van der Waals surface area contributed by atoms with Gasteiger partial charge in [0.2, 0.25) is 0 Å². The third-order valence-electron chi connectivity index (χ3n) is 6.14. The maximum atomic E-state index is 9.80. The first-order valence-electron chi connectivity index (χ1n) is 10.1. The fraction of sp³-hybridized carbons (Fsp3) is 0.478. The smallest absolute Gasteiger partial charge is 0.160 e. The van der Waals surface area contributed by atoms with Crippen LogP contribution < -0.4 is 9.47 Å². The normalized spacial score (nSPS) is 20.7. The van der Waals surface area contributed by atoms with Crippen LogP contribution in [0.5, 0.6) is 17.2 Å². The molecule has 4 heteroatoms. The summed E-state index contributed by atoms with van der Waals surface area (Å²) in [4.78, 5) is 2.60. The fourth-order valence-electron chi connectivity index (χ4n) is 4.49. The predicted octanol–water partition coefficient (Wildman–Crippen LogP) is 4.54. The van der Waals surface area contributed by atoms with Crippen LogP contribution in [0, 0.1) is 0 Å². The molecule has 0 bridgehead atoms. The number of fused-ring (bicyclic) bond motifs is 1. The number of hydrogen-bond acceptors (Lipinski definition) is 4. The summed E-state index contributed by atoms with van der Waals surface area (Å²) in [5.41, 5.74) is 2.66. The third kappa shape index (κ3) is 4.06. The molecule has 0 spiro atoms. The number of ether oxygens (including phenoxy) is 2. The first-order chi connectivity index (χ1) is 13.2. The predicted molar refractivity (Wildman–Crippen MR) is 107 cm³/mol. The molecule has 1 fully saturated rings. The largest absolute Gasteiger partial charge is 0.504 e. The molecule has 144 valence electrons. The lowest BCUT2D eigenvalue weighted by atomic mass is 9.87. The summed E-state index contributed by atoms with van der Waals surface area (Å²) < 4.78 is 11.1. The van der Waals surface area contributed by atoms with Crippen molar-refractivity contribution in [3.05, 3.63) is 53.6 Å². The maximum Gasteiger partial charge on any atom is 0.160 e. The van der Waals surface area contributed by atoms with Gasteiger partial charge in [-0.05, 0) is 86.5 Å². The van der Waals surface area contributed by atoms with Crippen molar-refractivity contribution in [2.75, 3.05) is 33.4 Å². The maximum absolute atomic E-state index is 9.80. The second-order valence-electron chi connectivity index (χ2n) is 7.71. The zero-order chi connectivity index (χ0) is 18.6. The summed E-state index contributed by atoms with van der Waals surface area (Å²) in [5.74, 6) is 3.05. The molecule has 1 unspecified atom stereocenters. The van der Waals surface area contributed by atoms with Crippen LogP contribution in [0.15, 0.2) is 42.5 Å². The van der Waals surface area contributed by atoms with Gasteiger partial charge in [0.1, 0.15) is 5.75 Å². The third-order valence-corrected chi connectivity index (χ3v) is 6.14. The van der Waals surface area contributed by atoms with E-state index in [1.54, 1.807) is 13.2 Å². The van der Waals surface area contributed by atoms with Gasteiger partial charge in [0.15, 0.2) is 11.5 Å². The Morgan fingerprint density at radius 3 is 2.74 bits per heavy atom. The first-order valence-corrected chi connectivity index (χ1v) is 10.1. The van der Waals surface area contributed by atoms with Crippen molar-refractivity contribution >= 4 is 0 Å². The van der Waals surface area contributed by atoms with E-state index in [-0.39, 0.29) is 5.75 Å². The Hall–Kier alpha value is -2.20. The van der Waals surface area contributed by atoms with E-state index in [9.17, 15) is 5.11 Å². The zero-order valence-electron chi connectivity index (χ0n) is 16.1. The number of para-hydroxylation sites is 1. The van der Waals surface area contributed by atoms with Gasteiger partial charge >= 0.3 is 0 Å². The molecule has 4 rings (SSSR count). The lowest BCUT2D eigenvalue weighted by molar-refractivity contribution is 0.194. The molecule has 2 aliphatic heterocycles. The molecule has 0 radical (unpaired) electrons. The SMILES string of the molecule is COc1cc(C2CCN(CCC3CCOc4ccccc43)CC2)ccc1O. The summed E-state index contributed by atoms with van der Waals surface area (Å²) in [6.45, 7) is 4.27. The van der Waals surface area contributed by atoms with Gasteiger partial charge in [0.25, 0.3) is 0 Å². The van der Waals surface area contributed by atoms with Crippen LogP contribution in [-0.4, -0.2) is 43.4 Å². The monoisotopic (exact) mass is 367 g/mol. The highest BCUT2D eigenvalue weighted by molar-refractivity contribution is 5.43. The Kier molecular flexibility index (Phi) is 5.53. The highest BCUT2D eigenvalue weighted by atomic mass is 16.5. The molecule has 4 nitrogen and oxygen atoms in total. The molecule has 1 saturated heterocycles. The van der Waals surface area contributed by atoms with E-state index in [4.69, 9.17) is 9.47 Å². The molecule has 2 heterocycles. The molecule has 0 amide bonds. The topological polar surface area (TPSA) is 41.9 Å². The molecule has 0 aliphatic carbocycles. The number of benzene rings is 2. The zero-order valence-corrected chi connectivity index (χ0v) is 16.1. The van der Waals surface area contributed by atoms with E-state index in [0.29, 0.717) is 17.6 Å². The Bertz CT molecular complexity index is 768. The Labute approximate surface area is 161 Å². The molecule has 0 aromatic heterocycles. The van der Waals surface area contributed by atoms with E-state index in [1.807, 2.05) is 12.1 Å². The van der Waals surface area contributed by atoms with Gasteiger partial charge in [-0.2, -0.15) is 0 Å². The minimum Gasteiger partial charge on any atom is -0.504 e. The van der Waals surface area contributed by atoms with Gasteiger partial charge in [0.05, 0.1) is 13.7 Å². The minimum absolute atomic E-state index is 0.218. The number of likely N-dealkylation sites (tertiary alicyclic amines) is 1. The summed E-state index contributed by atoms with van der Waals surface area (Å²) in [7, 11) is 1.61.